The molecule has 0 aliphatic carbocycles. The highest BCUT2D eigenvalue weighted by Crippen LogP contribution is 2.28. The van der Waals surface area contributed by atoms with E-state index in [1.165, 1.54) is 25.7 Å². The van der Waals surface area contributed by atoms with Crippen LogP contribution in [0.3, 0.4) is 0 Å². The first-order chi connectivity index (χ1) is 6.76. The van der Waals surface area contributed by atoms with Gasteiger partial charge in [0.1, 0.15) is 0 Å². The lowest BCUT2D eigenvalue weighted by molar-refractivity contribution is -0.126. The van der Waals surface area contributed by atoms with Gasteiger partial charge in [-0.1, -0.05) is 33.6 Å². The van der Waals surface area contributed by atoms with E-state index in [9.17, 15) is 0 Å². The predicted octanol–water partition coefficient (Wildman–Crippen LogP) is 2.72. The highest BCUT2D eigenvalue weighted by molar-refractivity contribution is 4.88. The molecule has 0 aromatic carbocycles. The van der Waals surface area contributed by atoms with Crippen LogP contribution >= 0.6 is 0 Å². The van der Waals surface area contributed by atoms with E-state index in [0.29, 0.717) is 6.10 Å². The maximum Gasteiger partial charge on any atom is 0.0810 e. The molecule has 1 unspecified atom stereocenters. The zero-order valence-corrected chi connectivity index (χ0v) is 9.94. The number of hydrogen-bond acceptors (Lipinski definition) is 2. The van der Waals surface area contributed by atoms with E-state index in [1.54, 1.807) is 0 Å². The summed E-state index contributed by atoms with van der Waals surface area (Å²) in [4.78, 5) is 0. The molecule has 84 valence electrons. The maximum absolute atomic E-state index is 6.24. The number of morpholine rings is 1. The summed E-state index contributed by atoms with van der Waals surface area (Å²) in [7, 11) is 0. The maximum atomic E-state index is 6.24. The summed E-state index contributed by atoms with van der Waals surface area (Å²) in [5.74, 6) is 0. The molecule has 1 N–H and O–H groups in total. The van der Waals surface area contributed by atoms with Crippen molar-refractivity contribution in [2.24, 2.45) is 0 Å². The van der Waals surface area contributed by atoms with Crippen LogP contribution in [-0.4, -0.2) is 24.8 Å². The number of ether oxygens (including phenoxy) is 1. The quantitative estimate of drug-likeness (QED) is 0.735. The molecule has 0 aromatic rings. The van der Waals surface area contributed by atoms with Crippen LogP contribution in [0.15, 0.2) is 0 Å². The summed E-state index contributed by atoms with van der Waals surface area (Å²) in [6, 6.07) is 0. The van der Waals surface area contributed by atoms with Crippen molar-refractivity contribution in [2.75, 3.05) is 13.1 Å². The van der Waals surface area contributed by atoms with Crippen molar-refractivity contribution in [1.29, 1.82) is 0 Å². The number of rotatable bonds is 5. The third kappa shape index (κ3) is 2.96. The highest BCUT2D eigenvalue weighted by Gasteiger charge is 2.34. The van der Waals surface area contributed by atoms with Crippen molar-refractivity contribution >= 4 is 0 Å². The smallest absolute Gasteiger partial charge is 0.0810 e. The van der Waals surface area contributed by atoms with Gasteiger partial charge in [0.25, 0.3) is 0 Å². The van der Waals surface area contributed by atoms with E-state index in [1.807, 2.05) is 0 Å². The van der Waals surface area contributed by atoms with Crippen LogP contribution in [0, 0.1) is 0 Å². The van der Waals surface area contributed by atoms with Crippen molar-refractivity contribution in [3.8, 4) is 0 Å². The first-order valence-electron chi connectivity index (χ1n) is 6.15. The van der Waals surface area contributed by atoms with Gasteiger partial charge in [0.05, 0.1) is 11.7 Å². The largest absolute Gasteiger partial charge is 0.369 e. The molecule has 1 fully saturated rings. The first kappa shape index (κ1) is 12.0. The lowest BCUT2D eigenvalue weighted by atomic mass is 9.90. The molecule has 0 aromatic heterocycles. The standard InChI is InChI=1S/C12H25NO/c1-4-7-12(8-5-2)10-13-9-11(6-3)14-12/h11,13H,4-10H2,1-3H3. The molecule has 1 saturated heterocycles. The molecule has 1 rings (SSSR count). The van der Waals surface area contributed by atoms with Gasteiger partial charge in [0.2, 0.25) is 0 Å². The van der Waals surface area contributed by atoms with Gasteiger partial charge in [0, 0.05) is 13.1 Å². The van der Waals surface area contributed by atoms with E-state index < -0.39 is 0 Å². The van der Waals surface area contributed by atoms with Gasteiger partial charge < -0.3 is 10.1 Å². The van der Waals surface area contributed by atoms with Gasteiger partial charge in [-0.25, -0.2) is 0 Å². The molecule has 0 saturated carbocycles. The zero-order valence-electron chi connectivity index (χ0n) is 9.94. The van der Waals surface area contributed by atoms with Crippen LogP contribution in [0.2, 0.25) is 0 Å². The minimum Gasteiger partial charge on any atom is -0.369 e. The molecule has 1 atom stereocenters. The molecule has 1 heterocycles. The van der Waals surface area contributed by atoms with Crippen LogP contribution < -0.4 is 5.32 Å². The van der Waals surface area contributed by atoms with Crippen LogP contribution in [0.25, 0.3) is 0 Å². The Kier molecular flexibility index (Phi) is 4.90. The van der Waals surface area contributed by atoms with Gasteiger partial charge >= 0.3 is 0 Å². The SMILES string of the molecule is CCCC1(CCC)CNCC(CC)O1. The second kappa shape index (κ2) is 5.72. The minimum atomic E-state index is 0.141. The summed E-state index contributed by atoms with van der Waals surface area (Å²) >= 11 is 0. The third-order valence-corrected chi connectivity index (χ3v) is 3.10. The van der Waals surface area contributed by atoms with Gasteiger partial charge in [-0.15, -0.1) is 0 Å². The molecule has 14 heavy (non-hydrogen) atoms. The molecule has 1 aliphatic heterocycles. The Bertz CT molecular complexity index is 147. The van der Waals surface area contributed by atoms with E-state index in [4.69, 9.17) is 4.74 Å². The van der Waals surface area contributed by atoms with Crippen LogP contribution in [0.4, 0.5) is 0 Å². The monoisotopic (exact) mass is 199 g/mol. The lowest BCUT2D eigenvalue weighted by Crippen LogP contribution is -2.53. The Labute approximate surface area is 88.4 Å². The fraction of sp³-hybridized carbons (Fsp3) is 1.00. The molecule has 2 heteroatoms. The molecule has 0 bridgehead atoms. The normalized spacial score (nSPS) is 26.4. The summed E-state index contributed by atoms with van der Waals surface area (Å²) in [5.41, 5.74) is 0.141. The van der Waals surface area contributed by atoms with Crippen molar-refractivity contribution in [3.05, 3.63) is 0 Å². The van der Waals surface area contributed by atoms with Gasteiger partial charge in [-0.05, 0) is 19.3 Å². The average molecular weight is 199 g/mol. The van der Waals surface area contributed by atoms with Crippen molar-refractivity contribution < 1.29 is 4.74 Å². The molecule has 0 amide bonds. The Morgan fingerprint density at radius 2 is 1.86 bits per heavy atom. The first-order valence-corrected chi connectivity index (χ1v) is 6.15. The topological polar surface area (TPSA) is 21.3 Å². The van der Waals surface area contributed by atoms with Crippen molar-refractivity contribution in [2.45, 2.75) is 64.6 Å². The molecule has 1 aliphatic rings. The molecular weight excluding hydrogens is 174 g/mol. The second-order valence-corrected chi connectivity index (χ2v) is 4.46. The average Bonchev–Trinajstić information content (AvgIpc) is 2.19. The van der Waals surface area contributed by atoms with Crippen molar-refractivity contribution in [3.63, 3.8) is 0 Å². The fourth-order valence-corrected chi connectivity index (χ4v) is 2.46. The number of nitrogens with one attached hydrogen (secondary N) is 1. The summed E-state index contributed by atoms with van der Waals surface area (Å²) < 4.78 is 6.24. The van der Waals surface area contributed by atoms with Gasteiger partial charge in [0.15, 0.2) is 0 Å². The Morgan fingerprint density at radius 3 is 2.36 bits per heavy atom. The Balaban J connectivity index is 2.55. The van der Waals surface area contributed by atoms with Crippen LogP contribution in [0.5, 0.6) is 0 Å². The van der Waals surface area contributed by atoms with Crippen LogP contribution in [0.1, 0.15) is 52.9 Å². The summed E-state index contributed by atoms with van der Waals surface area (Å²) in [5, 5.41) is 3.52. The van der Waals surface area contributed by atoms with Crippen LogP contribution in [-0.2, 0) is 4.74 Å². The lowest BCUT2D eigenvalue weighted by Gasteiger charge is -2.42. The Morgan fingerprint density at radius 1 is 1.21 bits per heavy atom. The van der Waals surface area contributed by atoms with Gasteiger partial charge in [-0.2, -0.15) is 0 Å². The van der Waals surface area contributed by atoms with E-state index in [0.717, 1.165) is 19.5 Å². The molecule has 2 nitrogen and oxygen atoms in total. The zero-order chi connectivity index (χ0) is 10.4. The molecule has 0 radical (unpaired) electrons. The molecule has 0 spiro atoms. The van der Waals surface area contributed by atoms with Crippen molar-refractivity contribution in [1.82, 2.24) is 5.32 Å². The minimum absolute atomic E-state index is 0.141. The third-order valence-electron chi connectivity index (χ3n) is 3.10. The van der Waals surface area contributed by atoms with E-state index in [-0.39, 0.29) is 5.60 Å². The van der Waals surface area contributed by atoms with E-state index in [2.05, 4.69) is 26.1 Å². The number of hydrogen-bond donors (Lipinski definition) is 1. The fourth-order valence-electron chi connectivity index (χ4n) is 2.46. The van der Waals surface area contributed by atoms with E-state index >= 15 is 0 Å². The predicted molar refractivity (Wildman–Crippen MR) is 60.6 cm³/mol. The van der Waals surface area contributed by atoms with Gasteiger partial charge in [-0.3, -0.25) is 0 Å². The molecular formula is C12H25NO. The summed E-state index contributed by atoms with van der Waals surface area (Å²) in [6.07, 6.45) is 6.40. The second-order valence-electron chi connectivity index (χ2n) is 4.46. The highest BCUT2D eigenvalue weighted by atomic mass is 16.5. The Hall–Kier alpha value is -0.0800. The summed E-state index contributed by atoms with van der Waals surface area (Å²) in [6.45, 7) is 8.78.